The van der Waals surface area contributed by atoms with Crippen molar-refractivity contribution in [2.75, 3.05) is 13.1 Å². The first-order chi connectivity index (χ1) is 8.96. The van der Waals surface area contributed by atoms with Crippen molar-refractivity contribution in [2.45, 2.75) is 30.3 Å². The summed E-state index contributed by atoms with van der Waals surface area (Å²) in [4.78, 5) is 0.191. The minimum absolute atomic E-state index is 0.0914. The molecule has 1 fully saturated rings. The molecule has 1 saturated heterocycles. The molecule has 2 rings (SSSR count). The molecule has 0 amide bonds. The van der Waals surface area contributed by atoms with Gasteiger partial charge < -0.3 is 11.5 Å². The molecule has 0 spiro atoms. The Balaban J connectivity index is 2.42. The fraction of sp³-hybridized carbons (Fsp3) is 0.500. The van der Waals surface area contributed by atoms with Crippen LogP contribution >= 0.6 is 11.6 Å². The van der Waals surface area contributed by atoms with Gasteiger partial charge in [0.05, 0.1) is 4.90 Å². The van der Waals surface area contributed by atoms with Crippen LogP contribution in [0.5, 0.6) is 0 Å². The Hall–Kier alpha value is -0.660. The van der Waals surface area contributed by atoms with Crippen LogP contribution in [0.2, 0.25) is 5.02 Å². The lowest BCUT2D eigenvalue weighted by Crippen LogP contribution is -2.45. The van der Waals surface area contributed by atoms with E-state index in [-0.39, 0.29) is 17.5 Å². The summed E-state index contributed by atoms with van der Waals surface area (Å²) in [5.41, 5.74) is 11.9. The summed E-state index contributed by atoms with van der Waals surface area (Å²) >= 11 is 6.02. The molecule has 0 aromatic heterocycles. The molecule has 1 heterocycles. The van der Waals surface area contributed by atoms with Crippen molar-refractivity contribution in [1.29, 1.82) is 0 Å². The summed E-state index contributed by atoms with van der Waals surface area (Å²) in [6, 6.07) is 4.70. The Morgan fingerprint density at radius 3 is 2.79 bits per heavy atom. The highest BCUT2D eigenvalue weighted by molar-refractivity contribution is 7.89. The number of nitrogens with two attached hydrogens (primary N) is 2. The lowest BCUT2D eigenvalue weighted by atomic mass is 10.1. The van der Waals surface area contributed by atoms with Gasteiger partial charge in [0, 0.05) is 36.3 Å². The number of sulfonamides is 1. The van der Waals surface area contributed by atoms with Crippen molar-refractivity contribution in [1.82, 2.24) is 4.31 Å². The molecule has 7 heteroatoms. The average Bonchev–Trinajstić information content (AvgIpc) is 2.38. The molecule has 5 nitrogen and oxygen atoms in total. The standard InChI is InChI=1S/C12H18ClN3O2S/c13-11-4-1-5-12(10(11)7-14)19(17,18)16-6-2-3-9(15)8-16/h1,4-5,9H,2-3,6-8,14-15H2/t9-/m0/s1. The highest BCUT2D eigenvalue weighted by Gasteiger charge is 2.30. The molecule has 106 valence electrons. The zero-order valence-electron chi connectivity index (χ0n) is 10.5. The maximum atomic E-state index is 12.6. The SMILES string of the molecule is NCc1c(Cl)cccc1S(=O)(=O)N1CCC[C@H](N)C1. The largest absolute Gasteiger partial charge is 0.327 e. The zero-order valence-corrected chi connectivity index (χ0v) is 12.1. The number of hydrogen-bond donors (Lipinski definition) is 2. The summed E-state index contributed by atoms with van der Waals surface area (Å²) in [7, 11) is -3.57. The van der Waals surface area contributed by atoms with E-state index in [0.717, 1.165) is 12.8 Å². The van der Waals surface area contributed by atoms with Gasteiger partial charge in [0.25, 0.3) is 0 Å². The van der Waals surface area contributed by atoms with Gasteiger partial charge in [-0.15, -0.1) is 0 Å². The molecule has 0 bridgehead atoms. The maximum absolute atomic E-state index is 12.6. The minimum atomic E-state index is -3.57. The normalized spacial score (nSPS) is 21.5. The highest BCUT2D eigenvalue weighted by Crippen LogP contribution is 2.27. The Labute approximate surface area is 118 Å². The zero-order chi connectivity index (χ0) is 14.0. The summed E-state index contributed by atoms with van der Waals surface area (Å²) in [6.45, 7) is 0.930. The van der Waals surface area contributed by atoms with Crippen LogP contribution in [0.1, 0.15) is 18.4 Å². The van der Waals surface area contributed by atoms with E-state index in [4.69, 9.17) is 23.1 Å². The average molecular weight is 304 g/mol. The fourth-order valence-electron chi connectivity index (χ4n) is 2.31. The van der Waals surface area contributed by atoms with Crippen molar-refractivity contribution < 1.29 is 8.42 Å². The Kier molecular flexibility index (Phi) is 4.47. The topological polar surface area (TPSA) is 89.4 Å². The quantitative estimate of drug-likeness (QED) is 0.868. The van der Waals surface area contributed by atoms with Gasteiger partial charge in [0.1, 0.15) is 0 Å². The molecule has 1 atom stereocenters. The van der Waals surface area contributed by atoms with E-state index in [1.165, 1.54) is 4.31 Å². The van der Waals surface area contributed by atoms with Crippen LogP contribution in [-0.2, 0) is 16.6 Å². The van der Waals surface area contributed by atoms with Crippen LogP contribution in [0.4, 0.5) is 0 Å². The first-order valence-electron chi connectivity index (χ1n) is 6.20. The van der Waals surface area contributed by atoms with Crippen LogP contribution < -0.4 is 11.5 Å². The molecule has 1 aromatic carbocycles. The van der Waals surface area contributed by atoms with Crippen LogP contribution in [0.15, 0.2) is 23.1 Å². The van der Waals surface area contributed by atoms with E-state index in [9.17, 15) is 8.42 Å². The molecular formula is C12H18ClN3O2S. The van der Waals surface area contributed by atoms with Gasteiger partial charge in [0.15, 0.2) is 0 Å². The first kappa shape index (κ1) is 14.7. The van der Waals surface area contributed by atoms with Gasteiger partial charge in [-0.3, -0.25) is 0 Å². The third-order valence-electron chi connectivity index (χ3n) is 3.32. The summed E-state index contributed by atoms with van der Waals surface area (Å²) in [5, 5.41) is 0.380. The summed E-state index contributed by atoms with van der Waals surface area (Å²) < 4.78 is 26.7. The van der Waals surface area contributed by atoms with Crippen molar-refractivity contribution in [2.24, 2.45) is 11.5 Å². The van der Waals surface area contributed by atoms with E-state index in [2.05, 4.69) is 0 Å². The number of nitrogens with zero attached hydrogens (tertiary/aromatic N) is 1. The van der Waals surface area contributed by atoms with E-state index < -0.39 is 10.0 Å². The second-order valence-corrected chi connectivity index (χ2v) is 7.00. The predicted octanol–water partition coefficient (Wildman–Crippen LogP) is 0.910. The third kappa shape index (κ3) is 2.93. The second kappa shape index (κ2) is 5.76. The number of piperidine rings is 1. The minimum Gasteiger partial charge on any atom is -0.327 e. The van der Waals surface area contributed by atoms with Crippen LogP contribution in [0.25, 0.3) is 0 Å². The van der Waals surface area contributed by atoms with Gasteiger partial charge in [0.2, 0.25) is 10.0 Å². The molecule has 0 aliphatic carbocycles. The Bertz CT molecular complexity index is 562. The highest BCUT2D eigenvalue weighted by atomic mass is 35.5. The van der Waals surface area contributed by atoms with Crippen LogP contribution in [-0.4, -0.2) is 31.9 Å². The number of halogens is 1. The molecule has 1 aliphatic rings. The maximum Gasteiger partial charge on any atom is 0.243 e. The molecule has 0 radical (unpaired) electrons. The molecule has 19 heavy (non-hydrogen) atoms. The van der Waals surface area contributed by atoms with Crippen molar-refractivity contribution in [3.8, 4) is 0 Å². The number of hydrogen-bond acceptors (Lipinski definition) is 4. The van der Waals surface area contributed by atoms with Gasteiger partial charge in [-0.2, -0.15) is 4.31 Å². The van der Waals surface area contributed by atoms with Crippen molar-refractivity contribution >= 4 is 21.6 Å². The van der Waals surface area contributed by atoms with E-state index in [0.29, 0.717) is 23.7 Å². The van der Waals surface area contributed by atoms with E-state index in [1.54, 1.807) is 18.2 Å². The number of rotatable bonds is 3. The van der Waals surface area contributed by atoms with Gasteiger partial charge >= 0.3 is 0 Å². The van der Waals surface area contributed by atoms with Gasteiger partial charge in [-0.05, 0) is 25.0 Å². The smallest absolute Gasteiger partial charge is 0.243 e. The molecule has 1 aliphatic heterocycles. The summed E-state index contributed by atoms with van der Waals surface area (Å²) in [5.74, 6) is 0. The molecule has 1 aromatic rings. The van der Waals surface area contributed by atoms with Gasteiger partial charge in [-0.25, -0.2) is 8.42 Å². The van der Waals surface area contributed by atoms with Crippen molar-refractivity contribution in [3.63, 3.8) is 0 Å². The molecule has 4 N–H and O–H groups in total. The monoisotopic (exact) mass is 303 g/mol. The first-order valence-corrected chi connectivity index (χ1v) is 8.02. The van der Waals surface area contributed by atoms with Crippen molar-refractivity contribution in [3.05, 3.63) is 28.8 Å². The summed E-state index contributed by atoms with van der Waals surface area (Å²) in [6.07, 6.45) is 1.63. The Morgan fingerprint density at radius 2 is 2.16 bits per heavy atom. The second-order valence-electron chi connectivity index (χ2n) is 4.69. The number of benzene rings is 1. The van der Waals surface area contributed by atoms with E-state index in [1.807, 2.05) is 0 Å². The molecule has 0 unspecified atom stereocenters. The fourth-order valence-corrected chi connectivity index (χ4v) is 4.41. The molecule has 0 saturated carbocycles. The van der Waals surface area contributed by atoms with Crippen LogP contribution in [0, 0.1) is 0 Å². The van der Waals surface area contributed by atoms with Crippen LogP contribution in [0.3, 0.4) is 0 Å². The van der Waals surface area contributed by atoms with E-state index >= 15 is 0 Å². The van der Waals surface area contributed by atoms with Gasteiger partial charge in [-0.1, -0.05) is 17.7 Å². The lowest BCUT2D eigenvalue weighted by Gasteiger charge is -2.30. The molecular weight excluding hydrogens is 286 g/mol. The lowest BCUT2D eigenvalue weighted by molar-refractivity contribution is 0.316. The Morgan fingerprint density at radius 1 is 1.42 bits per heavy atom. The third-order valence-corrected chi connectivity index (χ3v) is 5.62. The predicted molar refractivity (Wildman–Crippen MR) is 75.3 cm³/mol.